The molecule has 8 heteroatoms. The number of benzene rings is 2. The third-order valence-electron chi connectivity index (χ3n) is 4.88. The molecule has 1 saturated heterocycles. The highest BCUT2D eigenvalue weighted by Crippen LogP contribution is 2.28. The molecule has 0 radical (unpaired) electrons. The first kappa shape index (κ1) is 25.7. The SMILES string of the molecule is Cl.Cl.NC(CC(=O)NCC(c1ccccc1Cl)N1CCOCC1)c1ccccc1. The number of nitrogens with zero attached hydrogens (tertiary/aromatic N) is 1. The van der Waals surface area contributed by atoms with Crippen LogP contribution in [0.2, 0.25) is 5.02 Å². The minimum atomic E-state index is -0.312. The summed E-state index contributed by atoms with van der Waals surface area (Å²) in [5, 5.41) is 3.76. The van der Waals surface area contributed by atoms with E-state index in [0.29, 0.717) is 24.8 Å². The Morgan fingerprint density at radius 2 is 1.69 bits per heavy atom. The lowest BCUT2D eigenvalue weighted by atomic mass is 10.0. The van der Waals surface area contributed by atoms with Gasteiger partial charge in [0.2, 0.25) is 5.91 Å². The molecule has 1 aliphatic rings. The van der Waals surface area contributed by atoms with Crippen molar-refractivity contribution in [2.24, 2.45) is 5.73 Å². The van der Waals surface area contributed by atoms with E-state index in [2.05, 4.69) is 10.2 Å². The number of hydrogen-bond acceptors (Lipinski definition) is 4. The summed E-state index contributed by atoms with van der Waals surface area (Å²) in [5.74, 6) is -0.0586. The smallest absolute Gasteiger partial charge is 0.221 e. The normalized spacial score (nSPS) is 16.1. The molecule has 0 aliphatic carbocycles. The number of carbonyl (C=O) groups is 1. The van der Waals surface area contributed by atoms with E-state index in [1.54, 1.807) is 0 Å². The maximum atomic E-state index is 12.5. The molecule has 5 nitrogen and oxygen atoms in total. The fraction of sp³-hybridized carbons (Fsp3) is 0.381. The van der Waals surface area contributed by atoms with Crippen LogP contribution in [0, 0.1) is 0 Å². The number of morpholine rings is 1. The van der Waals surface area contributed by atoms with Gasteiger partial charge in [-0.1, -0.05) is 60.1 Å². The highest BCUT2D eigenvalue weighted by Gasteiger charge is 2.25. The Hall–Kier alpha value is -1.34. The lowest BCUT2D eigenvalue weighted by molar-refractivity contribution is -0.121. The van der Waals surface area contributed by atoms with Crippen LogP contribution in [0.4, 0.5) is 0 Å². The number of ether oxygens (including phenoxy) is 1. The molecule has 0 saturated carbocycles. The van der Waals surface area contributed by atoms with Crippen LogP contribution in [-0.4, -0.2) is 43.7 Å². The summed E-state index contributed by atoms with van der Waals surface area (Å²) >= 11 is 6.43. The van der Waals surface area contributed by atoms with E-state index >= 15 is 0 Å². The Kier molecular flexibility index (Phi) is 11.6. The molecule has 0 spiro atoms. The van der Waals surface area contributed by atoms with Gasteiger partial charge < -0.3 is 15.8 Å². The van der Waals surface area contributed by atoms with Crippen molar-refractivity contribution in [1.29, 1.82) is 0 Å². The fourth-order valence-corrected chi connectivity index (χ4v) is 3.63. The van der Waals surface area contributed by atoms with Gasteiger partial charge in [-0.15, -0.1) is 24.8 Å². The third-order valence-corrected chi connectivity index (χ3v) is 5.22. The maximum absolute atomic E-state index is 12.5. The van der Waals surface area contributed by atoms with Gasteiger partial charge in [0.15, 0.2) is 0 Å². The Bertz CT molecular complexity index is 743. The average Bonchev–Trinajstić information content (AvgIpc) is 2.71. The minimum Gasteiger partial charge on any atom is -0.379 e. The number of halogens is 3. The van der Waals surface area contributed by atoms with Crippen molar-refractivity contribution in [3.05, 3.63) is 70.7 Å². The summed E-state index contributed by atoms with van der Waals surface area (Å²) in [6.45, 7) is 3.50. The van der Waals surface area contributed by atoms with Crippen LogP contribution >= 0.6 is 36.4 Å². The maximum Gasteiger partial charge on any atom is 0.221 e. The van der Waals surface area contributed by atoms with Crippen LogP contribution in [0.1, 0.15) is 29.6 Å². The van der Waals surface area contributed by atoms with E-state index in [1.807, 2.05) is 54.6 Å². The summed E-state index contributed by atoms with van der Waals surface area (Å²) in [6.07, 6.45) is 0.252. The van der Waals surface area contributed by atoms with Crippen LogP contribution in [0.15, 0.2) is 54.6 Å². The third kappa shape index (κ3) is 7.45. The monoisotopic (exact) mass is 459 g/mol. The zero-order chi connectivity index (χ0) is 19.1. The first-order chi connectivity index (χ1) is 13.1. The molecule has 0 bridgehead atoms. The number of nitrogens with one attached hydrogen (secondary N) is 1. The van der Waals surface area contributed by atoms with Gasteiger partial charge in [-0.3, -0.25) is 9.69 Å². The highest BCUT2D eigenvalue weighted by atomic mass is 35.5. The quantitative estimate of drug-likeness (QED) is 0.660. The van der Waals surface area contributed by atoms with Gasteiger partial charge in [0.1, 0.15) is 0 Å². The lowest BCUT2D eigenvalue weighted by Gasteiger charge is -2.35. The molecule has 2 unspecified atom stereocenters. The van der Waals surface area contributed by atoms with E-state index in [4.69, 9.17) is 22.1 Å². The highest BCUT2D eigenvalue weighted by molar-refractivity contribution is 6.31. The lowest BCUT2D eigenvalue weighted by Crippen LogP contribution is -2.44. The molecular formula is C21H28Cl3N3O2. The molecule has 1 aliphatic heterocycles. The summed E-state index contributed by atoms with van der Waals surface area (Å²) in [7, 11) is 0. The van der Waals surface area contributed by atoms with Gasteiger partial charge in [-0.05, 0) is 17.2 Å². The van der Waals surface area contributed by atoms with Gasteiger partial charge in [0, 0.05) is 37.1 Å². The molecule has 0 aromatic heterocycles. The van der Waals surface area contributed by atoms with E-state index in [-0.39, 0.29) is 49.2 Å². The van der Waals surface area contributed by atoms with Crippen molar-refractivity contribution >= 4 is 42.3 Å². The number of rotatable bonds is 7. The molecule has 1 fully saturated rings. The van der Waals surface area contributed by atoms with Gasteiger partial charge in [-0.25, -0.2) is 0 Å². The van der Waals surface area contributed by atoms with Crippen LogP contribution in [-0.2, 0) is 9.53 Å². The predicted octanol–water partition coefficient (Wildman–Crippen LogP) is 3.76. The number of amides is 1. The summed E-state index contributed by atoms with van der Waals surface area (Å²) in [5.41, 5.74) is 8.15. The second kappa shape index (κ2) is 13.1. The molecule has 29 heavy (non-hydrogen) atoms. The Morgan fingerprint density at radius 1 is 1.07 bits per heavy atom. The fourth-order valence-electron chi connectivity index (χ4n) is 3.37. The van der Waals surface area contributed by atoms with Crippen molar-refractivity contribution in [3.8, 4) is 0 Å². The average molecular weight is 461 g/mol. The Balaban J connectivity index is 0.00000210. The standard InChI is InChI=1S/C21H26ClN3O2.2ClH/c22-18-9-5-4-8-17(18)20(25-10-12-27-13-11-25)15-24-21(26)14-19(23)16-6-2-1-3-7-16;;/h1-9,19-20H,10-15,23H2,(H,24,26);2*1H. The second-order valence-corrected chi connectivity index (χ2v) is 7.12. The van der Waals surface area contributed by atoms with Gasteiger partial charge in [0.05, 0.1) is 19.3 Å². The van der Waals surface area contributed by atoms with Gasteiger partial charge in [-0.2, -0.15) is 0 Å². The topological polar surface area (TPSA) is 67.6 Å². The second-order valence-electron chi connectivity index (χ2n) is 6.71. The van der Waals surface area contributed by atoms with E-state index < -0.39 is 0 Å². The molecule has 1 amide bonds. The largest absolute Gasteiger partial charge is 0.379 e. The number of hydrogen-bond donors (Lipinski definition) is 2. The molecule has 2 atom stereocenters. The zero-order valence-corrected chi connectivity index (χ0v) is 18.5. The molecule has 1 heterocycles. The molecule has 3 N–H and O–H groups in total. The van der Waals surface area contributed by atoms with Crippen molar-refractivity contribution in [2.45, 2.75) is 18.5 Å². The van der Waals surface area contributed by atoms with Crippen molar-refractivity contribution in [2.75, 3.05) is 32.8 Å². The first-order valence-corrected chi connectivity index (χ1v) is 9.66. The Morgan fingerprint density at radius 3 is 2.34 bits per heavy atom. The van der Waals surface area contributed by atoms with Gasteiger partial charge in [0.25, 0.3) is 0 Å². The predicted molar refractivity (Wildman–Crippen MR) is 122 cm³/mol. The summed E-state index contributed by atoms with van der Waals surface area (Å²) in [6, 6.07) is 17.2. The molecule has 160 valence electrons. The van der Waals surface area contributed by atoms with Crippen LogP contribution in [0.5, 0.6) is 0 Å². The number of nitrogens with two attached hydrogens (primary N) is 1. The molecule has 3 rings (SSSR count). The van der Waals surface area contributed by atoms with Crippen molar-refractivity contribution in [3.63, 3.8) is 0 Å². The van der Waals surface area contributed by atoms with Crippen LogP contribution < -0.4 is 11.1 Å². The van der Waals surface area contributed by atoms with Crippen molar-refractivity contribution in [1.82, 2.24) is 10.2 Å². The molecular weight excluding hydrogens is 433 g/mol. The van der Waals surface area contributed by atoms with E-state index in [1.165, 1.54) is 0 Å². The minimum absolute atomic E-state index is 0. The van der Waals surface area contributed by atoms with Gasteiger partial charge >= 0.3 is 0 Å². The van der Waals surface area contributed by atoms with E-state index in [9.17, 15) is 4.79 Å². The number of carbonyl (C=O) groups excluding carboxylic acids is 1. The molecule has 2 aromatic rings. The Labute approximate surface area is 189 Å². The summed E-state index contributed by atoms with van der Waals surface area (Å²) < 4.78 is 5.46. The van der Waals surface area contributed by atoms with Crippen LogP contribution in [0.25, 0.3) is 0 Å². The first-order valence-electron chi connectivity index (χ1n) is 9.28. The molecule has 2 aromatic carbocycles. The van der Waals surface area contributed by atoms with Crippen LogP contribution in [0.3, 0.4) is 0 Å². The zero-order valence-electron chi connectivity index (χ0n) is 16.1. The van der Waals surface area contributed by atoms with Crippen molar-refractivity contribution < 1.29 is 9.53 Å². The summed E-state index contributed by atoms with van der Waals surface area (Å²) in [4.78, 5) is 14.8. The van der Waals surface area contributed by atoms with E-state index in [0.717, 1.165) is 24.2 Å².